The lowest BCUT2D eigenvalue weighted by molar-refractivity contribution is -0.119. The highest BCUT2D eigenvalue weighted by Gasteiger charge is 1.91. The van der Waals surface area contributed by atoms with Crippen molar-refractivity contribution in [1.29, 1.82) is 0 Å². The SMILES string of the molecule is COCCOCCOCCNC(C)=O. The third-order valence-corrected chi connectivity index (χ3v) is 1.42. The van der Waals surface area contributed by atoms with Crippen molar-refractivity contribution in [3.8, 4) is 0 Å². The van der Waals surface area contributed by atoms with Crippen LogP contribution in [-0.4, -0.2) is 52.6 Å². The van der Waals surface area contributed by atoms with E-state index in [0.29, 0.717) is 39.6 Å². The molecule has 14 heavy (non-hydrogen) atoms. The second kappa shape index (κ2) is 10.4. The Kier molecular flexibility index (Phi) is 9.95. The first-order chi connectivity index (χ1) is 6.77. The van der Waals surface area contributed by atoms with E-state index < -0.39 is 0 Å². The van der Waals surface area contributed by atoms with Gasteiger partial charge in [-0.3, -0.25) is 4.79 Å². The van der Waals surface area contributed by atoms with Crippen LogP contribution in [0.5, 0.6) is 0 Å². The summed E-state index contributed by atoms with van der Waals surface area (Å²) in [6.45, 7) is 4.85. The van der Waals surface area contributed by atoms with Crippen molar-refractivity contribution < 1.29 is 19.0 Å². The number of hydrogen-bond acceptors (Lipinski definition) is 4. The van der Waals surface area contributed by atoms with Crippen LogP contribution in [0.15, 0.2) is 0 Å². The fourth-order valence-electron chi connectivity index (χ4n) is 0.763. The predicted molar refractivity (Wildman–Crippen MR) is 52.2 cm³/mol. The maximum absolute atomic E-state index is 10.4. The summed E-state index contributed by atoms with van der Waals surface area (Å²) in [4.78, 5) is 10.4. The molecule has 0 aromatic heterocycles. The fraction of sp³-hybridized carbons (Fsp3) is 0.889. The molecule has 1 amide bonds. The highest BCUT2D eigenvalue weighted by Crippen LogP contribution is 1.79. The number of methoxy groups -OCH3 is 1. The maximum atomic E-state index is 10.4. The molecule has 0 aromatic carbocycles. The first-order valence-electron chi connectivity index (χ1n) is 4.66. The van der Waals surface area contributed by atoms with Gasteiger partial charge in [0.2, 0.25) is 5.91 Å². The molecule has 0 radical (unpaired) electrons. The molecule has 0 aliphatic carbocycles. The topological polar surface area (TPSA) is 56.8 Å². The van der Waals surface area contributed by atoms with Gasteiger partial charge in [0.25, 0.3) is 0 Å². The van der Waals surface area contributed by atoms with E-state index in [1.807, 2.05) is 0 Å². The summed E-state index contributed by atoms with van der Waals surface area (Å²) in [5.41, 5.74) is 0. The first-order valence-corrected chi connectivity index (χ1v) is 4.66. The summed E-state index contributed by atoms with van der Waals surface area (Å²) < 4.78 is 15.1. The van der Waals surface area contributed by atoms with Crippen molar-refractivity contribution in [3.63, 3.8) is 0 Å². The second-order valence-corrected chi connectivity index (χ2v) is 2.70. The predicted octanol–water partition coefficient (Wildman–Crippen LogP) is -0.198. The summed E-state index contributed by atoms with van der Waals surface area (Å²) in [5.74, 6) is -0.0371. The molecule has 5 nitrogen and oxygen atoms in total. The Morgan fingerprint density at radius 3 is 2.21 bits per heavy atom. The lowest BCUT2D eigenvalue weighted by Crippen LogP contribution is -2.25. The fourth-order valence-corrected chi connectivity index (χ4v) is 0.763. The van der Waals surface area contributed by atoms with Crippen LogP contribution in [0.2, 0.25) is 0 Å². The molecule has 0 bridgehead atoms. The summed E-state index contributed by atoms with van der Waals surface area (Å²) in [7, 11) is 1.63. The van der Waals surface area contributed by atoms with E-state index in [2.05, 4.69) is 5.32 Å². The Bertz CT molecular complexity index is 141. The third kappa shape index (κ3) is 11.4. The van der Waals surface area contributed by atoms with Crippen LogP contribution in [0.4, 0.5) is 0 Å². The second-order valence-electron chi connectivity index (χ2n) is 2.70. The van der Waals surface area contributed by atoms with E-state index >= 15 is 0 Å². The molecule has 0 rings (SSSR count). The molecule has 0 heterocycles. The molecule has 0 fully saturated rings. The molecule has 0 aliphatic rings. The molecule has 0 atom stereocenters. The lowest BCUT2D eigenvalue weighted by atomic mass is 10.6. The zero-order valence-electron chi connectivity index (χ0n) is 8.88. The van der Waals surface area contributed by atoms with Crippen molar-refractivity contribution in [3.05, 3.63) is 0 Å². The number of rotatable bonds is 9. The van der Waals surface area contributed by atoms with E-state index in [9.17, 15) is 4.79 Å². The largest absolute Gasteiger partial charge is 0.382 e. The molecule has 0 unspecified atom stereocenters. The first kappa shape index (κ1) is 13.4. The molecule has 84 valence electrons. The zero-order chi connectivity index (χ0) is 10.6. The van der Waals surface area contributed by atoms with Crippen molar-refractivity contribution in [2.75, 3.05) is 46.7 Å². The maximum Gasteiger partial charge on any atom is 0.216 e. The molecule has 0 saturated carbocycles. The summed E-state index contributed by atoms with van der Waals surface area (Å²) in [6.07, 6.45) is 0. The Labute approximate surface area is 84.7 Å². The van der Waals surface area contributed by atoms with Gasteiger partial charge in [-0.05, 0) is 0 Å². The average molecular weight is 205 g/mol. The van der Waals surface area contributed by atoms with Gasteiger partial charge >= 0.3 is 0 Å². The highest BCUT2D eigenvalue weighted by molar-refractivity contribution is 5.72. The van der Waals surface area contributed by atoms with Crippen LogP contribution in [0.3, 0.4) is 0 Å². The normalized spacial score (nSPS) is 10.1. The van der Waals surface area contributed by atoms with Gasteiger partial charge in [0.1, 0.15) is 0 Å². The van der Waals surface area contributed by atoms with Gasteiger partial charge in [-0.25, -0.2) is 0 Å². The van der Waals surface area contributed by atoms with Gasteiger partial charge in [0.15, 0.2) is 0 Å². The third-order valence-electron chi connectivity index (χ3n) is 1.42. The Hall–Kier alpha value is -0.650. The number of ether oxygens (including phenoxy) is 3. The van der Waals surface area contributed by atoms with Crippen LogP contribution in [0.1, 0.15) is 6.92 Å². The molecule has 0 aliphatic heterocycles. The Morgan fingerprint density at radius 1 is 1.07 bits per heavy atom. The van der Waals surface area contributed by atoms with E-state index in [1.165, 1.54) is 6.92 Å². The Balaban J connectivity index is 2.88. The summed E-state index contributed by atoms with van der Waals surface area (Å²) in [5, 5.41) is 2.63. The summed E-state index contributed by atoms with van der Waals surface area (Å²) >= 11 is 0. The zero-order valence-corrected chi connectivity index (χ0v) is 8.88. The van der Waals surface area contributed by atoms with E-state index in [0.717, 1.165) is 0 Å². The van der Waals surface area contributed by atoms with Crippen LogP contribution in [0.25, 0.3) is 0 Å². The Morgan fingerprint density at radius 2 is 1.64 bits per heavy atom. The molecule has 0 spiro atoms. The molecule has 0 aromatic rings. The minimum Gasteiger partial charge on any atom is -0.382 e. The molecule has 1 N–H and O–H groups in total. The van der Waals surface area contributed by atoms with Gasteiger partial charge in [0, 0.05) is 20.6 Å². The van der Waals surface area contributed by atoms with Crippen molar-refractivity contribution in [2.45, 2.75) is 6.92 Å². The summed E-state index contributed by atoms with van der Waals surface area (Å²) in [6, 6.07) is 0. The van der Waals surface area contributed by atoms with Crippen molar-refractivity contribution in [1.82, 2.24) is 5.32 Å². The van der Waals surface area contributed by atoms with E-state index in [4.69, 9.17) is 14.2 Å². The van der Waals surface area contributed by atoms with Crippen LogP contribution >= 0.6 is 0 Å². The van der Waals surface area contributed by atoms with Crippen molar-refractivity contribution >= 4 is 5.91 Å². The van der Waals surface area contributed by atoms with Gasteiger partial charge in [0.05, 0.1) is 33.0 Å². The smallest absolute Gasteiger partial charge is 0.216 e. The van der Waals surface area contributed by atoms with Gasteiger partial charge in [-0.1, -0.05) is 0 Å². The van der Waals surface area contributed by atoms with Gasteiger partial charge < -0.3 is 19.5 Å². The van der Waals surface area contributed by atoms with Crippen LogP contribution in [0, 0.1) is 0 Å². The molecule has 5 heteroatoms. The highest BCUT2D eigenvalue weighted by atomic mass is 16.5. The number of amides is 1. The van der Waals surface area contributed by atoms with Crippen LogP contribution in [-0.2, 0) is 19.0 Å². The number of carbonyl (C=O) groups excluding carboxylic acids is 1. The van der Waals surface area contributed by atoms with Gasteiger partial charge in [-0.2, -0.15) is 0 Å². The molecule has 0 saturated heterocycles. The van der Waals surface area contributed by atoms with E-state index in [1.54, 1.807) is 7.11 Å². The quantitative estimate of drug-likeness (QED) is 0.530. The minimum absolute atomic E-state index is 0.0371. The van der Waals surface area contributed by atoms with Crippen molar-refractivity contribution in [2.24, 2.45) is 0 Å². The molecular weight excluding hydrogens is 186 g/mol. The number of hydrogen-bond donors (Lipinski definition) is 1. The molecular formula is C9H19NO4. The monoisotopic (exact) mass is 205 g/mol. The lowest BCUT2D eigenvalue weighted by Gasteiger charge is -2.05. The van der Waals surface area contributed by atoms with E-state index in [-0.39, 0.29) is 5.91 Å². The average Bonchev–Trinajstić information content (AvgIpc) is 2.15. The number of nitrogens with one attached hydrogen (secondary N) is 1. The number of carbonyl (C=O) groups is 1. The van der Waals surface area contributed by atoms with Gasteiger partial charge in [-0.15, -0.1) is 0 Å². The van der Waals surface area contributed by atoms with Crippen LogP contribution < -0.4 is 5.32 Å². The minimum atomic E-state index is -0.0371. The standard InChI is InChI=1S/C9H19NO4/c1-9(11)10-3-4-13-7-8-14-6-5-12-2/h3-8H2,1-2H3,(H,10,11).